The molecule has 0 bridgehead atoms. The molecule has 17 heavy (non-hydrogen) atoms. The first-order valence-electron chi connectivity index (χ1n) is 6.10. The van der Waals surface area contributed by atoms with E-state index in [2.05, 4.69) is 30.8 Å². The van der Waals surface area contributed by atoms with Gasteiger partial charge in [-0.15, -0.1) is 0 Å². The van der Waals surface area contributed by atoms with Gasteiger partial charge in [0, 0.05) is 12.6 Å². The molecule has 1 aromatic heterocycles. The summed E-state index contributed by atoms with van der Waals surface area (Å²) in [6.45, 7) is 5.96. The highest BCUT2D eigenvalue weighted by Crippen LogP contribution is 2.14. The van der Waals surface area contributed by atoms with Crippen molar-refractivity contribution < 1.29 is 4.74 Å². The molecule has 0 spiro atoms. The third-order valence-corrected chi connectivity index (χ3v) is 3.30. The second-order valence-electron chi connectivity index (χ2n) is 4.33. The van der Waals surface area contributed by atoms with Crippen LogP contribution in [-0.2, 0) is 0 Å². The molecule has 1 aliphatic rings. The fraction of sp³-hybridized carbons (Fsp3) is 0.667. The molecule has 94 valence electrons. The van der Waals surface area contributed by atoms with Crippen LogP contribution in [-0.4, -0.2) is 41.1 Å². The molecule has 0 aliphatic carbocycles. The number of likely N-dealkylation sites (tertiary alicyclic amines) is 1. The second kappa shape index (κ2) is 6.31. The minimum Gasteiger partial charge on any atom is -0.476 e. The molecule has 0 atom stereocenters. The van der Waals surface area contributed by atoms with Gasteiger partial charge in [0.1, 0.15) is 17.0 Å². The van der Waals surface area contributed by atoms with Crippen LogP contribution in [0.1, 0.15) is 25.1 Å². The van der Waals surface area contributed by atoms with Crippen LogP contribution < -0.4 is 4.74 Å². The highest BCUT2D eigenvalue weighted by atomic mass is 79.9. The summed E-state index contributed by atoms with van der Waals surface area (Å²) in [6.07, 6.45) is 4.01. The minimum absolute atomic E-state index is 0.654. The summed E-state index contributed by atoms with van der Waals surface area (Å²) in [6, 6.07) is 1.81. The lowest BCUT2D eigenvalue weighted by atomic mass is 10.1. The molecule has 0 radical (unpaired) electrons. The zero-order valence-corrected chi connectivity index (χ0v) is 11.7. The molecular weight excluding hydrogens is 282 g/mol. The van der Waals surface area contributed by atoms with E-state index in [1.165, 1.54) is 32.4 Å². The number of hydrogen-bond acceptors (Lipinski definition) is 4. The van der Waals surface area contributed by atoms with Crippen LogP contribution in [0.4, 0.5) is 0 Å². The van der Waals surface area contributed by atoms with Gasteiger partial charge in [-0.25, -0.2) is 4.98 Å². The Morgan fingerprint density at radius 1 is 1.29 bits per heavy atom. The average molecular weight is 300 g/mol. The van der Waals surface area contributed by atoms with Crippen LogP contribution in [0.2, 0.25) is 0 Å². The summed E-state index contributed by atoms with van der Waals surface area (Å²) in [5.41, 5.74) is 0. The molecule has 0 unspecified atom stereocenters. The standard InChI is InChI=1S/C12H18BrN3O/c1-10-14-11(13)9-12(15-10)17-8-7-16-5-3-2-4-6-16/h9H,2-8H2,1H3. The summed E-state index contributed by atoms with van der Waals surface area (Å²) in [5.74, 6) is 1.38. The van der Waals surface area contributed by atoms with Crippen LogP contribution in [0, 0.1) is 6.92 Å². The molecule has 0 aromatic carbocycles. The van der Waals surface area contributed by atoms with Crippen LogP contribution in [0.5, 0.6) is 5.88 Å². The Hall–Kier alpha value is -0.680. The summed E-state index contributed by atoms with van der Waals surface area (Å²) in [5, 5.41) is 0. The van der Waals surface area contributed by atoms with E-state index in [1.807, 2.05) is 13.0 Å². The zero-order chi connectivity index (χ0) is 12.1. The highest BCUT2D eigenvalue weighted by Gasteiger charge is 2.09. The lowest BCUT2D eigenvalue weighted by Gasteiger charge is -2.26. The number of hydrogen-bond donors (Lipinski definition) is 0. The lowest BCUT2D eigenvalue weighted by molar-refractivity contribution is 0.180. The van der Waals surface area contributed by atoms with Crippen molar-refractivity contribution in [3.8, 4) is 5.88 Å². The number of piperidine rings is 1. The van der Waals surface area contributed by atoms with Gasteiger partial charge in [-0.3, -0.25) is 4.90 Å². The molecule has 1 saturated heterocycles. The molecule has 0 N–H and O–H groups in total. The molecule has 5 heteroatoms. The smallest absolute Gasteiger partial charge is 0.217 e. The first-order valence-corrected chi connectivity index (χ1v) is 6.90. The van der Waals surface area contributed by atoms with Gasteiger partial charge in [0.2, 0.25) is 5.88 Å². The predicted molar refractivity (Wildman–Crippen MR) is 70.3 cm³/mol. The molecule has 1 fully saturated rings. The summed E-state index contributed by atoms with van der Waals surface area (Å²) < 4.78 is 6.42. The number of nitrogens with zero attached hydrogens (tertiary/aromatic N) is 3. The Kier molecular flexibility index (Phi) is 4.74. The van der Waals surface area contributed by atoms with Gasteiger partial charge < -0.3 is 4.74 Å². The minimum atomic E-state index is 0.654. The Morgan fingerprint density at radius 2 is 2.06 bits per heavy atom. The summed E-state index contributed by atoms with van der Waals surface area (Å²) in [7, 11) is 0. The third kappa shape index (κ3) is 4.24. The maximum atomic E-state index is 5.65. The van der Waals surface area contributed by atoms with Gasteiger partial charge in [0.05, 0.1) is 0 Å². The van der Waals surface area contributed by atoms with E-state index in [-0.39, 0.29) is 0 Å². The quantitative estimate of drug-likeness (QED) is 0.800. The van der Waals surface area contributed by atoms with E-state index >= 15 is 0 Å². The molecular formula is C12H18BrN3O. The first-order chi connectivity index (χ1) is 8.24. The first kappa shape index (κ1) is 12.8. The molecule has 1 aromatic rings. The fourth-order valence-electron chi connectivity index (χ4n) is 2.04. The number of halogens is 1. The topological polar surface area (TPSA) is 38.2 Å². The van der Waals surface area contributed by atoms with Crippen molar-refractivity contribution in [1.29, 1.82) is 0 Å². The fourth-order valence-corrected chi connectivity index (χ4v) is 2.49. The largest absolute Gasteiger partial charge is 0.476 e. The van der Waals surface area contributed by atoms with E-state index < -0.39 is 0 Å². The van der Waals surface area contributed by atoms with Crippen molar-refractivity contribution in [2.45, 2.75) is 26.2 Å². The molecule has 0 amide bonds. The van der Waals surface area contributed by atoms with Crippen LogP contribution in [0.15, 0.2) is 10.7 Å². The number of ether oxygens (including phenoxy) is 1. The number of rotatable bonds is 4. The summed E-state index contributed by atoms with van der Waals surface area (Å²) >= 11 is 3.34. The van der Waals surface area contributed by atoms with Gasteiger partial charge in [0.25, 0.3) is 0 Å². The highest BCUT2D eigenvalue weighted by molar-refractivity contribution is 9.10. The van der Waals surface area contributed by atoms with Crippen molar-refractivity contribution in [3.05, 3.63) is 16.5 Å². The van der Waals surface area contributed by atoms with Crippen LogP contribution in [0.3, 0.4) is 0 Å². The van der Waals surface area contributed by atoms with Crippen LogP contribution in [0.25, 0.3) is 0 Å². The second-order valence-corrected chi connectivity index (χ2v) is 5.14. The molecule has 1 aliphatic heterocycles. The van der Waals surface area contributed by atoms with E-state index in [0.29, 0.717) is 12.5 Å². The monoisotopic (exact) mass is 299 g/mol. The average Bonchev–Trinajstić information content (AvgIpc) is 2.29. The predicted octanol–water partition coefficient (Wildman–Crippen LogP) is 2.41. The van der Waals surface area contributed by atoms with Crippen molar-refractivity contribution >= 4 is 15.9 Å². The maximum Gasteiger partial charge on any atom is 0.217 e. The maximum absolute atomic E-state index is 5.65. The lowest BCUT2D eigenvalue weighted by Crippen LogP contribution is -2.33. The van der Waals surface area contributed by atoms with Gasteiger partial charge in [-0.1, -0.05) is 6.42 Å². The van der Waals surface area contributed by atoms with Crippen molar-refractivity contribution in [3.63, 3.8) is 0 Å². The van der Waals surface area contributed by atoms with E-state index in [1.54, 1.807) is 0 Å². The van der Waals surface area contributed by atoms with Crippen LogP contribution >= 0.6 is 15.9 Å². The van der Waals surface area contributed by atoms with Gasteiger partial charge in [-0.2, -0.15) is 4.98 Å². The van der Waals surface area contributed by atoms with Gasteiger partial charge in [-0.05, 0) is 48.8 Å². The van der Waals surface area contributed by atoms with Gasteiger partial charge >= 0.3 is 0 Å². The number of aryl methyl sites for hydroxylation is 1. The molecule has 2 rings (SSSR count). The van der Waals surface area contributed by atoms with Crippen molar-refractivity contribution in [1.82, 2.24) is 14.9 Å². The zero-order valence-electron chi connectivity index (χ0n) is 10.2. The van der Waals surface area contributed by atoms with Gasteiger partial charge in [0.15, 0.2) is 0 Å². The number of aromatic nitrogens is 2. The van der Waals surface area contributed by atoms with Crippen molar-refractivity contribution in [2.24, 2.45) is 0 Å². The Bertz CT molecular complexity index is 347. The van der Waals surface area contributed by atoms with E-state index in [4.69, 9.17) is 4.74 Å². The SMILES string of the molecule is Cc1nc(Br)cc(OCCN2CCCCC2)n1. The Labute approximate surface area is 111 Å². The van der Waals surface area contributed by atoms with E-state index in [0.717, 1.165) is 17.0 Å². The van der Waals surface area contributed by atoms with Crippen molar-refractivity contribution in [2.75, 3.05) is 26.2 Å². The molecule has 2 heterocycles. The Morgan fingerprint density at radius 3 is 2.76 bits per heavy atom. The Balaban J connectivity index is 1.77. The van der Waals surface area contributed by atoms with E-state index in [9.17, 15) is 0 Å². The normalized spacial score (nSPS) is 17.1. The molecule has 4 nitrogen and oxygen atoms in total. The summed E-state index contributed by atoms with van der Waals surface area (Å²) in [4.78, 5) is 10.8. The third-order valence-electron chi connectivity index (χ3n) is 2.89. The molecule has 0 saturated carbocycles.